The molecule has 0 aliphatic heterocycles. The van der Waals surface area contributed by atoms with Crippen molar-refractivity contribution in [2.24, 2.45) is 0 Å². The first kappa shape index (κ1) is 15.0. The normalized spacial score (nSPS) is 13.6. The predicted molar refractivity (Wildman–Crippen MR) is 75.2 cm³/mol. The molecule has 1 aromatic rings. The minimum absolute atomic E-state index is 0.0324. The Balaban J connectivity index is 2.39. The molecule has 1 unspecified atom stereocenters. The number of halogens is 1. The van der Waals surface area contributed by atoms with Crippen molar-refractivity contribution in [3.05, 3.63) is 28.7 Å². The zero-order chi connectivity index (χ0) is 12.9. The molecule has 0 amide bonds. The molecular weight excluding hydrogens is 324 g/mol. The van der Waals surface area contributed by atoms with Gasteiger partial charge in [0.05, 0.1) is 11.9 Å². The van der Waals surface area contributed by atoms with E-state index in [4.69, 9.17) is 0 Å². The molecule has 0 aliphatic carbocycles. The molecule has 1 rings (SSSR count). The van der Waals surface area contributed by atoms with Crippen LogP contribution in [0.3, 0.4) is 0 Å². The van der Waals surface area contributed by atoms with Crippen LogP contribution >= 0.6 is 27.7 Å². The quantitative estimate of drug-likeness (QED) is 0.809. The number of aliphatic hydroxyl groups is 1. The van der Waals surface area contributed by atoms with E-state index in [0.717, 1.165) is 9.37 Å². The lowest BCUT2D eigenvalue weighted by atomic mass is 10.3. The highest BCUT2D eigenvalue weighted by atomic mass is 79.9. The molecule has 0 spiro atoms. The largest absolute Gasteiger partial charge is 0.392 e. The Morgan fingerprint density at radius 3 is 2.65 bits per heavy atom. The minimum Gasteiger partial charge on any atom is -0.392 e. The van der Waals surface area contributed by atoms with Crippen molar-refractivity contribution >= 4 is 37.5 Å². The van der Waals surface area contributed by atoms with Crippen LogP contribution in [0.5, 0.6) is 0 Å². The number of benzene rings is 1. The molecule has 1 atom stereocenters. The van der Waals surface area contributed by atoms with Gasteiger partial charge in [-0.25, -0.2) is 8.42 Å². The summed E-state index contributed by atoms with van der Waals surface area (Å²) in [6.45, 7) is 0. The molecule has 3 nitrogen and oxygen atoms in total. The zero-order valence-corrected chi connectivity index (χ0v) is 12.7. The Morgan fingerprint density at radius 2 is 2.06 bits per heavy atom. The lowest BCUT2D eigenvalue weighted by molar-refractivity contribution is 0.196. The lowest BCUT2D eigenvalue weighted by Crippen LogP contribution is -2.16. The molecular formula is C11H15BrO3S2. The Bertz CT molecular complexity index is 460. The van der Waals surface area contributed by atoms with Gasteiger partial charge in [-0.15, -0.1) is 11.8 Å². The second-order valence-electron chi connectivity index (χ2n) is 3.81. The molecule has 0 aromatic heterocycles. The van der Waals surface area contributed by atoms with Gasteiger partial charge < -0.3 is 5.11 Å². The van der Waals surface area contributed by atoms with Crippen LogP contribution in [-0.2, 0) is 9.84 Å². The van der Waals surface area contributed by atoms with Crippen LogP contribution in [0.15, 0.2) is 33.6 Å². The van der Waals surface area contributed by atoms with E-state index in [1.807, 2.05) is 24.3 Å². The van der Waals surface area contributed by atoms with Gasteiger partial charge in [0.1, 0.15) is 9.84 Å². The van der Waals surface area contributed by atoms with Gasteiger partial charge >= 0.3 is 0 Å². The van der Waals surface area contributed by atoms with Gasteiger partial charge in [0.15, 0.2) is 0 Å². The molecule has 1 aromatic carbocycles. The lowest BCUT2D eigenvalue weighted by Gasteiger charge is -2.10. The molecule has 0 fully saturated rings. The van der Waals surface area contributed by atoms with Crippen molar-refractivity contribution in [2.75, 3.05) is 17.8 Å². The fraction of sp³-hybridized carbons (Fsp3) is 0.455. The molecule has 96 valence electrons. The predicted octanol–water partition coefficient (Wildman–Crippen LogP) is 2.34. The van der Waals surface area contributed by atoms with Crippen LogP contribution < -0.4 is 0 Å². The first-order valence-corrected chi connectivity index (χ1v) is 8.95. The molecule has 0 saturated carbocycles. The Kier molecular flexibility index (Phi) is 5.99. The van der Waals surface area contributed by atoms with E-state index in [1.54, 1.807) is 0 Å². The summed E-state index contributed by atoms with van der Waals surface area (Å²) < 4.78 is 22.9. The van der Waals surface area contributed by atoms with E-state index < -0.39 is 15.9 Å². The van der Waals surface area contributed by atoms with Crippen molar-refractivity contribution < 1.29 is 13.5 Å². The number of rotatable bonds is 6. The first-order valence-electron chi connectivity index (χ1n) is 5.11. The van der Waals surface area contributed by atoms with E-state index >= 15 is 0 Å². The third kappa shape index (κ3) is 6.45. The van der Waals surface area contributed by atoms with Crippen molar-refractivity contribution in [3.63, 3.8) is 0 Å². The summed E-state index contributed by atoms with van der Waals surface area (Å²) in [5.74, 6) is 0.531. The summed E-state index contributed by atoms with van der Waals surface area (Å²) in [6, 6.07) is 7.74. The van der Waals surface area contributed by atoms with E-state index in [2.05, 4.69) is 15.9 Å². The fourth-order valence-electron chi connectivity index (χ4n) is 1.18. The van der Waals surface area contributed by atoms with E-state index in [0.29, 0.717) is 5.75 Å². The highest BCUT2D eigenvalue weighted by molar-refractivity contribution is 9.10. The van der Waals surface area contributed by atoms with Gasteiger partial charge in [-0.1, -0.05) is 12.1 Å². The van der Waals surface area contributed by atoms with Crippen LogP contribution in [0, 0.1) is 0 Å². The molecule has 0 radical (unpaired) electrons. The highest BCUT2D eigenvalue weighted by Crippen LogP contribution is 2.27. The summed E-state index contributed by atoms with van der Waals surface area (Å²) in [5.41, 5.74) is 0. The maximum atomic E-state index is 10.9. The van der Waals surface area contributed by atoms with Crippen LogP contribution in [0.25, 0.3) is 0 Å². The Hall–Kier alpha value is -0.0400. The van der Waals surface area contributed by atoms with Crippen molar-refractivity contribution in [1.82, 2.24) is 0 Å². The van der Waals surface area contributed by atoms with Gasteiger partial charge in [-0.2, -0.15) is 0 Å². The monoisotopic (exact) mass is 338 g/mol. The third-order valence-electron chi connectivity index (χ3n) is 2.09. The van der Waals surface area contributed by atoms with Gasteiger partial charge in [0.2, 0.25) is 0 Å². The van der Waals surface area contributed by atoms with Gasteiger partial charge in [0.25, 0.3) is 0 Å². The molecule has 17 heavy (non-hydrogen) atoms. The van der Waals surface area contributed by atoms with E-state index in [9.17, 15) is 13.5 Å². The zero-order valence-electron chi connectivity index (χ0n) is 9.47. The molecule has 6 heteroatoms. The van der Waals surface area contributed by atoms with Gasteiger partial charge in [-0.05, 0) is 34.5 Å². The maximum absolute atomic E-state index is 10.9. The van der Waals surface area contributed by atoms with Crippen LogP contribution in [-0.4, -0.2) is 37.4 Å². The Morgan fingerprint density at radius 1 is 1.41 bits per heavy atom. The molecule has 0 bridgehead atoms. The van der Waals surface area contributed by atoms with Gasteiger partial charge in [0, 0.05) is 21.4 Å². The summed E-state index contributed by atoms with van der Waals surface area (Å²) in [7, 11) is -2.99. The highest BCUT2D eigenvalue weighted by Gasteiger charge is 2.10. The van der Waals surface area contributed by atoms with Crippen LogP contribution in [0.1, 0.15) is 6.42 Å². The number of thioether (sulfide) groups is 1. The van der Waals surface area contributed by atoms with E-state index in [-0.39, 0.29) is 12.2 Å². The molecule has 0 aliphatic rings. The number of hydrogen-bond donors (Lipinski definition) is 1. The van der Waals surface area contributed by atoms with Crippen LogP contribution in [0.2, 0.25) is 0 Å². The van der Waals surface area contributed by atoms with E-state index in [1.165, 1.54) is 18.0 Å². The van der Waals surface area contributed by atoms with Crippen molar-refractivity contribution in [3.8, 4) is 0 Å². The average molecular weight is 339 g/mol. The molecule has 1 N–H and O–H groups in total. The van der Waals surface area contributed by atoms with Crippen molar-refractivity contribution in [1.29, 1.82) is 0 Å². The second kappa shape index (κ2) is 6.78. The summed E-state index contributed by atoms with van der Waals surface area (Å²) in [4.78, 5) is 1.05. The number of hydrogen-bond acceptors (Lipinski definition) is 4. The fourth-order valence-corrected chi connectivity index (χ4v) is 3.43. The molecule has 0 heterocycles. The summed E-state index contributed by atoms with van der Waals surface area (Å²) in [5, 5.41) is 9.66. The SMILES string of the molecule is CS(=O)(=O)CCC(O)CSc1ccccc1Br. The first-order chi connectivity index (χ1) is 7.88. The van der Waals surface area contributed by atoms with Gasteiger partial charge in [-0.3, -0.25) is 0 Å². The topological polar surface area (TPSA) is 54.4 Å². The minimum atomic E-state index is -2.99. The molecule has 0 saturated heterocycles. The number of aliphatic hydroxyl groups excluding tert-OH is 1. The maximum Gasteiger partial charge on any atom is 0.147 e. The standard InChI is InChI=1S/C11H15BrO3S2/c1-17(14,15)7-6-9(13)8-16-11-5-3-2-4-10(11)12/h2-5,9,13H,6-8H2,1H3. The Labute approximate surface area is 115 Å². The smallest absolute Gasteiger partial charge is 0.147 e. The summed E-state index contributed by atoms with van der Waals surface area (Å²) in [6.07, 6.45) is 0.874. The second-order valence-corrected chi connectivity index (χ2v) is 7.99. The average Bonchev–Trinajstić information content (AvgIpc) is 2.24. The summed E-state index contributed by atoms with van der Waals surface area (Å²) >= 11 is 4.93. The number of sulfone groups is 1. The van der Waals surface area contributed by atoms with Crippen LogP contribution in [0.4, 0.5) is 0 Å². The van der Waals surface area contributed by atoms with Crippen molar-refractivity contribution in [2.45, 2.75) is 17.4 Å². The third-order valence-corrected chi connectivity index (χ3v) is 5.24.